The highest BCUT2D eigenvalue weighted by atomic mass is 31.2. The Balaban J connectivity index is 3.21. The fourth-order valence-electron chi connectivity index (χ4n) is 0.243. The molecule has 2 N–H and O–H groups in total. The molecule has 0 aliphatic carbocycles. The molecular weight excluding hydrogens is 172 g/mol. The molecular formula is C3H6F3O3P. The van der Waals surface area contributed by atoms with E-state index in [2.05, 4.69) is 4.52 Å². The molecule has 3 nitrogen and oxygen atoms in total. The predicted molar refractivity (Wildman–Crippen MR) is 28.0 cm³/mol. The lowest BCUT2D eigenvalue weighted by atomic mass is 10.5. The van der Waals surface area contributed by atoms with Gasteiger partial charge in [-0.1, -0.05) is 0 Å². The Bertz CT molecular complexity index is 93.5. The zero-order chi connectivity index (χ0) is 8.20. The summed E-state index contributed by atoms with van der Waals surface area (Å²) in [5, 5.41) is 0. The molecule has 0 aromatic rings. The van der Waals surface area contributed by atoms with Gasteiger partial charge in [0.15, 0.2) is 0 Å². The number of rotatable bonds is 3. The van der Waals surface area contributed by atoms with E-state index in [1.165, 1.54) is 0 Å². The molecule has 0 heterocycles. The molecule has 0 unspecified atom stereocenters. The van der Waals surface area contributed by atoms with Gasteiger partial charge in [-0.2, -0.15) is 13.2 Å². The normalized spacial score (nSPS) is 12.6. The maximum Gasteiger partial charge on any atom is 0.391 e. The van der Waals surface area contributed by atoms with Crippen LogP contribution in [-0.2, 0) is 4.52 Å². The SMILES string of the molecule is OP(O)OCCC(F)(F)F. The molecule has 0 spiro atoms. The highest BCUT2D eigenvalue weighted by Gasteiger charge is 2.26. The molecule has 0 saturated carbocycles. The van der Waals surface area contributed by atoms with Crippen molar-refractivity contribution in [2.24, 2.45) is 0 Å². The van der Waals surface area contributed by atoms with E-state index in [1.807, 2.05) is 0 Å². The van der Waals surface area contributed by atoms with Crippen molar-refractivity contribution in [3.05, 3.63) is 0 Å². The molecule has 0 aliphatic rings. The number of hydrogen-bond donors (Lipinski definition) is 2. The van der Waals surface area contributed by atoms with Crippen molar-refractivity contribution in [2.75, 3.05) is 6.61 Å². The summed E-state index contributed by atoms with van der Waals surface area (Å²) < 4.78 is 37.7. The molecule has 0 aliphatic heterocycles. The van der Waals surface area contributed by atoms with E-state index in [4.69, 9.17) is 9.79 Å². The van der Waals surface area contributed by atoms with Crippen LogP contribution in [0, 0.1) is 0 Å². The van der Waals surface area contributed by atoms with E-state index in [1.54, 1.807) is 0 Å². The summed E-state index contributed by atoms with van der Waals surface area (Å²) in [6, 6.07) is 0. The molecule has 0 aromatic heterocycles. The quantitative estimate of drug-likeness (QED) is 0.637. The Morgan fingerprint density at radius 1 is 1.30 bits per heavy atom. The molecule has 0 radical (unpaired) electrons. The van der Waals surface area contributed by atoms with Gasteiger partial charge in [0.25, 0.3) is 0 Å². The van der Waals surface area contributed by atoms with Crippen molar-refractivity contribution < 1.29 is 27.5 Å². The first-order valence-electron chi connectivity index (χ1n) is 2.29. The molecule has 0 rings (SSSR count). The first kappa shape index (κ1) is 10.1. The summed E-state index contributed by atoms with van der Waals surface area (Å²) in [5.41, 5.74) is 0. The summed E-state index contributed by atoms with van der Waals surface area (Å²) in [7, 11) is -2.65. The summed E-state index contributed by atoms with van der Waals surface area (Å²) >= 11 is 0. The van der Waals surface area contributed by atoms with Gasteiger partial charge in [0.05, 0.1) is 13.0 Å². The minimum atomic E-state index is -4.30. The number of alkyl halides is 3. The van der Waals surface area contributed by atoms with Gasteiger partial charge in [0, 0.05) is 0 Å². The number of hydrogen-bond acceptors (Lipinski definition) is 3. The minimum absolute atomic E-state index is 0.706. The van der Waals surface area contributed by atoms with Crippen LogP contribution >= 0.6 is 8.60 Å². The van der Waals surface area contributed by atoms with Gasteiger partial charge in [-0.3, -0.25) is 0 Å². The second-order valence-corrected chi connectivity index (χ2v) is 2.21. The van der Waals surface area contributed by atoms with E-state index < -0.39 is 27.8 Å². The standard InChI is InChI=1S/C3H6F3O3P/c4-3(5,6)1-2-9-10(7)8/h7-8H,1-2H2. The molecule has 0 amide bonds. The maximum absolute atomic E-state index is 11.3. The van der Waals surface area contributed by atoms with Gasteiger partial charge < -0.3 is 14.3 Å². The Labute approximate surface area is 56.4 Å². The Kier molecular flexibility index (Phi) is 4.12. The van der Waals surface area contributed by atoms with Gasteiger partial charge in [0.2, 0.25) is 0 Å². The monoisotopic (exact) mass is 178 g/mol. The molecule has 0 aromatic carbocycles. The lowest BCUT2D eigenvalue weighted by Crippen LogP contribution is -2.10. The molecule has 0 fully saturated rings. The average molecular weight is 178 g/mol. The lowest BCUT2D eigenvalue weighted by molar-refractivity contribution is -0.139. The zero-order valence-corrected chi connectivity index (χ0v) is 5.69. The molecule has 0 saturated heterocycles. The van der Waals surface area contributed by atoms with Gasteiger partial charge in [-0.15, -0.1) is 0 Å². The van der Waals surface area contributed by atoms with E-state index in [9.17, 15) is 13.2 Å². The minimum Gasteiger partial charge on any atom is -0.328 e. The van der Waals surface area contributed by atoms with E-state index in [0.717, 1.165) is 0 Å². The molecule has 0 atom stereocenters. The van der Waals surface area contributed by atoms with Gasteiger partial charge in [0.1, 0.15) is 0 Å². The van der Waals surface area contributed by atoms with Crippen molar-refractivity contribution >= 4 is 8.60 Å². The van der Waals surface area contributed by atoms with Crippen LogP contribution in [0.1, 0.15) is 6.42 Å². The molecule has 10 heavy (non-hydrogen) atoms. The fraction of sp³-hybridized carbons (Fsp3) is 1.00. The number of halogens is 3. The lowest BCUT2D eigenvalue weighted by Gasteiger charge is -2.06. The topological polar surface area (TPSA) is 49.7 Å². The average Bonchev–Trinajstić information content (AvgIpc) is 1.59. The smallest absolute Gasteiger partial charge is 0.328 e. The third kappa shape index (κ3) is 8.10. The maximum atomic E-state index is 11.3. The largest absolute Gasteiger partial charge is 0.391 e. The third-order valence-electron chi connectivity index (χ3n) is 0.592. The Morgan fingerprint density at radius 3 is 2.10 bits per heavy atom. The van der Waals surface area contributed by atoms with Crippen molar-refractivity contribution in [2.45, 2.75) is 12.6 Å². The van der Waals surface area contributed by atoms with Crippen molar-refractivity contribution in [1.82, 2.24) is 0 Å². The molecule has 0 bridgehead atoms. The summed E-state index contributed by atoms with van der Waals surface area (Å²) in [4.78, 5) is 16.0. The highest BCUT2D eigenvalue weighted by molar-refractivity contribution is 7.39. The summed E-state index contributed by atoms with van der Waals surface area (Å²) in [6.07, 6.45) is -5.46. The summed E-state index contributed by atoms with van der Waals surface area (Å²) in [6.45, 7) is -0.706. The highest BCUT2D eigenvalue weighted by Crippen LogP contribution is 2.27. The Hall–Kier alpha value is 0.100. The van der Waals surface area contributed by atoms with Crippen LogP contribution in [0.25, 0.3) is 0 Å². The van der Waals surface area contributed by atoms with Crippen LogP contribution in [-0.4, -0.2) is 22.6 Å². The fourth-order valence-corrected chi connectivity index (χ4v) is 0.498. The van der Waals surface area contributed by atoms with E-state index in [-0.39, 0.29) is 0 Å². The second-order valence-electron chi connectivity index (χ2n) is 1.45. The van der Waals surface area contributed by atoms with Crippen molar-refractivity contribution in [3.8, 4) is 0 Å². The second kappa shape index (κ2) is 4.08. The predicted octanol–water partition coefficient (Wildman–Crippen LogP) is 1.17. The third-order valence-corrected chi connectivity index (χ3v) is 1.01. The Morgan fingerprint density at radius 2 is 1.80 bits per heavy atom. The van der Waals surface area contributed by atoms with Gasteiger partial charge >= 0.3 is 14.8 Å². The van der Waals surface area contributed by atoms with E-state index >= 15 is 0 Å². The summed E-state index contributed by atoms with van der Waals surface area (Å²) in [5.74, 6) is 0. The van der Waals surface area contributed by atoms with Crippen LogP contribution in [0.3, 0.4) is 0 Å². The molecule has 62 valence electrons. The molecule has 7 heteroatoms. The van der Waals surface area contributed by atoms with Gasteiger partial charge in [-0.25, -0.2) is 0 Å². The first-order valence-corrected chi connectivity index (χ1v) is 3.46. The van der Waals surface area contributed by atoms with Crippen LogP contribution in [0.4, 0.5) is 13.2 Å². The van der Waals surface area contributed by atoms with Crippen LogP contribution in [0.5, 0.6) is 0 Å². The van der Waals surface area contributed by atoms with E-state index in [0.29, 0.717) is 0 Å². The van der Waals surface area contributed by atoms with Crippen molar-refractivity contribution in [1.29, 1.82) is 0 Å². The first-order chi connectivity index (χ1) is 4.42. The van der Waals surface area contributed by atoms with Crippen LogP contribution < -0.4 is 0 Å². The van der Waals surface area contributed by atoms with Gasteiger partial charge in [-0.05, 0) is 0 Å². The van der Waals surface area contributed by atoms with Crippen LogP contribution in [0.2, 0.25) is 0 Å². The van der Waals surface area contributed by atoms with Crippen LogP contribution in [0.15, 0.2) is 0 Å². The van der Waals surface area contributed by atoms with Crippen molar-refractivity contribution in [3.63, 3.8) is 0 Å². The zero-order valence-electron chi connectivity index (χ0n) is 4.80.